The van der Waals surface area contributed by atoms with Crippen LogP contribution in [0.25, 0.3) is 0 Å². The number of carbonyl (C=O) groups excluding carboxylic acids is 2. The third kappa shape index (κ3) is 9.30. The van der Waals surface area contributed by atoms with Crippen molar-refractivity contribution < 1.29 is 27.0 Å². The van der Waals surface area contributed by atoms with Crippen molar-refractivity contribution in [2.45, 2.75) is 19.3 Å². The predicted octanol–water partition coefficient (Wildman–Crippen LogP) is 0.552. The van der Waals surface area contributed by atoms with Gasteiger partial charge in [0.1, 0.15) is 12.6 Å². The van der Waals surface area contributed by atoms with E-state index in [-0.39, 0.29) is 17.4 Å². The molecule has 0 aromatic rings. The summed E-state index contributed by atoms with van der Waals surface area (Å²) in [5, 5.41) is 0. The van der Waals surface area contributed by atoms with Gasteiger partial charge in [0.25, 0.3) is 0 Å². The monoisotopic (exact) mass is 152 g/mol. The maximum Gasteiger partial charge on any atom is 0.120 e. The Kier molecular flexibility index (Phi) is 13.5. The van der Waals surface area contributed by atoms with Crippen molar-refractivity contribution >= 4 is 12.6 Å². The number of hydrogen-bond donors (Lipinski definition) is 0. The number of aldehydes is 2. The zero-order chi connectivity index (χ0) is 5.54. The van der Waals surface area contributed by atoms with Gasteiger partial charge in [-0.05, 0) is 6.42 Å². The van der Waals surface area contributed by atoms with E-state index in [1.807, 2.05) is 0 Å². The van der Waals surface area contributed by atoms with E-state index in [9.17, 15) is 9.59 Å². The molecule has 0 fully saturated rings. The summed E-state index contributed by atoms with van der Waals surface area (Å²) in [5.41, 5.74) is 0. The number of carbonyl (C=O) groups is 2. The first kappa shape index (κ1) is 10.8. The van der Waals surface area contributed by atoms with Crippen molar-refractivity contribution in [3.63, 3.8) is 0 Å². The molecule has 0 amide bonds. The Morgan fingerprint density at radius 2 is 1.38 bits per heavy atom. The van der Waals surface area contributed by atoms with Crippen molar-refractivity contribution in [1.29, 1.82) is 0 Å². The molecule has 0 aliphatic carbocycles. The fourth-order valence-corrected chi connectivity index (χ4v) is 0.285. The van der Waals surface area contributed by atoms with Crippen LogP contribution < -0.4 is 0 Å². The van der Waals surface area contributed by atoms with Crippen LogP contribution in [0, 0.1) is 0 Å². The maximum atomic E-state index is 9.56. The molecular formula is C5H8CrO2. The van der Waals surface area contributed by atoms with E-state index in [0.717, 1.165) is 12.6 Å². The first-order valence-corrected chi connectivity index (χ1v) is 2.29. The Hall–Kier alpha value is -0.128. The van der Waals surface area contributed by atoms with E-state index >= 15 is 0 Å². The molecule has 0 atom stereocenters. The minimum absolute atomic E-state index is 0. The van der Waals surface area contributed by atoms with E-state index in [2.05, 4.69) is 0 Å². The van der Waals surface area contributed by atoms with Gasteiger partial charge in [-0.3, -0.25) is 0 Å². The van der Waals surface area contributed by atoms with Gasteiger partial charge in [0, 0.05) is 30.2 Å². The maximum absolute atomic E-state index is 9.56. The molecule has 0 aliphatic heterocycles. The predicted molar refractivity (Wildman–Crippen MR) is 26.0 cm³/mol. The van der Waals surface area contributed by atoms with E-state index in [1.54, 1.807) is 0 Å². The van der Waals surface area contributed by atoms with Gasteiger partial charge in [-0.2, -0.15) is 0 Å². The second-order valence-corrected chi connectivity index (χ2v) is 1.26. The fraction of sp³-hybridized carbons (Fsp3) is 0.600. The van der Waals surface area contributed by atoms with Crippen molar-refractivity contribution in [3.8, 4) is 0 Å². The minimum atomic E-state index is 0. The summed E-state index contributed by atoms with van der Waals surface area (Å²) in [6.45, 7) is 0. The smallest absolute Gasteiger partial charge is 0.120 e. The molecule has 0 aliphatic rings. The molecule has 0 unspecified atom stereocenters. The summed E-state index contributed by atoms with van der Waals surface area (Å²) in [6, 6.07) is 0. The molecule has 0 saturated heterocycles. The Morgan fingerprint density at radius 3 is 1.62 bits per heavy atom. The Balaban J connectivity index is 0. The summed E-state index contributed by atoms with van der Waals surface area (Å²) < 4.78 is 0. The molecule has 0 rings (SSSR count). The second kappa shape index (κ2) is 9.98. The summed E-state index contributed by atoms with van der Waals surface area (Å²) in [6.07, 6.45) is 3.37. The van der Waals surface area contributed by atoms with Gasteiger partial charge in [0.2, 0.25) is 0 Å². The van der Waals surface area contributed by atoms with Crippen molar-refractivity contribution in [2.24, 2.45) is 0 Å². The molecule has 3 heteroatoms. The quantitative estimate of drug-likeness (QED) is 0.435. The Morgan fingerprint density at radius 1 is 1.00 bits per heavy atom. The molecule has 0 saturated carbocycles. The van der Waals surface area contributed by atoms with Crippen LogP contribution in [0.5, 0.6) is 0 Å². The summed E-state index contributed by atoms with van der Waals surface area (Å²) in [5.74, 6) is 0. The van der Waals surface area contributed by atoms with Crippen LogP contribution in [-0.4, -0.2) is 12.6 Å². The van der Waals surface area contributed by atoms with E-state index in [0.29, 0.717) is 19.3 Å². The molecule has 0 aromatic carbocycles. The van der Waals surface area contributed by atoms with Gasteiger partial charge >= 0.3 is 0 Å². The second-order valence-electron chi connectivity index (χ2n) is 1.26. The number of rotatable bonds is 4. The van der Waals surface area contributed by atoms with Crippen molar-refractivity contribution in [2.75, 3.05) is 0 Å². The molecule has 0 bridgehead atoms. The van der Waals surface area contributed by atoms with Crippen LogP contribution in [0.2, 0.25) is 0 Å². The third-order valence-electron chi connectivity index (χ3n) is 0.644. The molecule has 0 aromatic heterocycles. The van der Waals surface area contributed by atoms with Gasteiger partial charge in [-0.25, -0.2) is 0 Å². The van der Waals surface area contributed by atoms with Crippen LogP contribution in [0.4, 0.5) is 0 Å². The number of hydrogen-bond acceptors (Lipinski definition) is 2. The summed E-state index contributed by atoms with van der Waals surface area (Å²) in [4.78, 5) is 19.1. The molecule has 0 radical (unpaired) electrons. The fourth-order valence-electron chi connectivity index (χ4n) is 0.285. The topological polar surface area (TPSA) is 34.1 Å². The van der Waals surface area contributed by atoms with E-state index in [4.69, 9.17) is 0 Å². The SMILES string of the molecule is O=CCCCC=O.[Cr]. The van der Waals surface area contributed by atoms with Gasteiger partial charge < -0.3 is 9.59 Å². The van der Waals surface area contributed by atoms with Crippen LogP contribution in [-0.2, 0) is 27.0 Å². The molecule has 46 valence electrons. The first-order valence-electron chi connectivity index (χ1n) is 2.29. The largest absolute Gasteiger partial charge is 0.303 e. The summed E-state index contributed by atoms with van der Waals surface area (Å²) in [7, 11) is 0. The standard InChI is InChI=1S/C5H8O2.Cr/c6-4-2-1-3-5-7;/h4-5H,1-3H2;. The van der Waals surface area contributed by atoms with Crippen LogP contribution in [0.15, 0.2) is 0 Å². The van der Waals surface area contributed by atoms with Gasteiger partial charge in [-0.15, -0.1) is 0 Å². The zero-order valence-electron chi connectivity index (χ0n) is 4.50. The Labute approximate surface area is 59.4 Å². The molecule has 2 nitrogen and oxygen atoms in total. The van der Waals surface area contributed by atoms with E-state index in [1.165, 1.54) is 0 Å². The number of unbranched alkanes of at least 4 members (excludes halogenated alkanes) is 2. The molecular weight excluding hydrogens is 144 g/mol. The average molecular weight is 152 g/mol. The first-order chi connectivity index (χ1) is 3.41. The van der Waals surface area contributed by atoms with Gasteiger partial charge in [0.05, 0.1) is 0 Å². The molecule has 0 heterocycles. The van der Waals surface area contributed by atoms with E-state index < -0.39 is 0 Å². The van der Waals surface area contributed by atoms with Gasteiger partial charge in [-0.1, -0.05) is 0 Å². The van der Waals surface area contributed by atoms with Crippen LogP contribution >= 0.6 is 0 Å². The minimum Gasteiger partial charge on any atom is -0.303 e. The normalized spacial score (nSPS) is 7.00. The average Bonchev–Trinajstić information content (AvgIpc) is 1.69. The molecule has 0 N–H and O–H groups in total. The van der Waals surface area contributed by atoms with Crippen LogP contribution in [0.1, 0.15) is 19.3 Å². The third-order valence-corrected chi connectivity index (χ3v) is 0.644. The van der Waals surface area contributed by atoms with Crippen molar-refractivity contribution in [1.82, 2.24) is 0 Å². The van der Waals surface area contributed by atoms with Crippen molar-refractivity contribution in [3.05, 3.63) is 0 Å². The summed E-state index contributed by atoms with van der Waals surface area (Å²) >= 11 is 0. The van der Waals surface area contributed by atoms with Crippen LogP contribution in [0.3, 0.4) is 0 Å². The molecule has 8 heavy (non-hydrogen) atoms. The Bertz CT molecular complexity index is 55.4. The zero-order valence-corrected chi connectivity index (χ0v) is 5.78. The molecule has 0 spiro atoms. The van der Waals surface area contributed by atoms with Gasteiger partial charge in [0.15, 0.2) is 0 Å².